The minimum absolute atomic E-state index is 0.605. The van der Waals surface area contributed by atoms with Gasteiger partial charge in [-0.15, -0.1) is 6.58 Å². The number of aromatic nitrogens is 3. The van der Waals surface area contributed by atoms with Crippen molar-refractivity contribution in [2.75, 3.05) is 17.2 Å². The molecule has 98 valence electrons. The van der Waals surface area contributed by atoms with E-state index in [1.807, 2.05) is 31.3 Å². The van der Waals surface area contributed by atoms with Gasteiger partial charge in [0.15, 0.2) is 0 Å². The molecule has 5 heteroatoms. The SMILES string of the molecule is C=CCNc1nc(C)cc(NCc2cccnc2)n1. The van der Waals surface area contributed by atoms with Crippen LogP contribution in [0.1, 0.15) is 11.3 Å². The smallest absolute Gasteiger partial charge is 0.225 e. The van der Waals surface area contributed by atoms with Crippen molar-refractivity contribution in [2.24, 2.45) is 0 Å². The number of aryl methyl sites for hydroxylation is 1. The monoisotopic (exact) mass is 255 g/mol. The standard InChI is InChI=1S/C14H17N5/c1-3-6-16-14-18-11(2)8-13(19-14)17-10-12-5-4-7-15-9-12/h3-5,7-9H,1,6,10H2,2H3,(H2,16,17,18,19). The van der Waals surface area contributed by atoms with Gasteiger partial charge in [0.05, 0.1) is 0 Å². The highest BCUT2D eigenvalue weighted by molar-refractivity contribution is 5.42. The van der Waals surface area contributed by atoms with Crippen molar-refractivity contribution >= 4 is 11.8 Å². The molecule has 19 heavy (non-hydrogen) atoms. The summed E-state index contributed by atoms with van der Waals surface area (Å²) in [5.74, 6) is 1.40. The molecule has 0 aliphatic rings. The van der Waals surface area contributed by atoms with Gasteiger partial charge in [-0.25, -0.2) is 4.98 Å². The number of anilines is 2. The van der Waals surface area contributed by atoms with Crippen LogP contribution in [0.25, 0.3) is 0 Å². The van der Waals surface area contributed by atoms with Crippen molar-refractivity contribution in [1.82, 2.24) is 15.0 Å². The molecule has 0 bridgehead atoms. The molecule has 0 fully saturated rings. The van der Waals surface area contributed by atoms with Gasteiger partial charge in [-0.1, -0.05) is 12.1 Å². The van der Waals surface area contributed by atoms with Gasteiger partial charge in [0.1, 0.15) is 5.82 Å². The first-order chi connectivity index (χ1) is 9.28. The molecule has 0 radical (unpaired) electrons. The van der Waals surface area contributed by atoms with E-state index < -0.39 is 0 Å². The summed E-state index contributed by atoms with van der Waals surface area (Å²) in [4.78, 5) is 12.8. The highest BCUT2D eigenvalue weighted by Crippen LogP contribution is 2.10. The lowest BCUT2D eigenvalue weighted by atomic mass is 10.3. The van der Waals surface area contributed by atoms with Crippen LogP contribution in [0, 0.1) is 6.92 Å². The number of nitrogens with one attached hydrogen (secondary N) is 2. The van der Waals surface area contributed by atoms with Crippen LogP contribution in [0.15, 0.2) is 43.2 Å². The van der Waals surface area contributed by atoms with Crippen LogP contribution in [0.3, 0.4) is 0 Å². The van der Waals surface area contributed by atoms with Crippen molar-refractivity contribution in [3.8, 4) is 0 Å². The summed E-state index contributed by atoms with van der Waals surface area (Å²) in [6.07, 6.45) is 5.36. The predicted molar refractivity (Wildman–Crippen MR) is 77.0 cm³/mol. The van der Waals surface area contributed by atoms with Crippen LogP contribution < -0.4 is 10.6 Å². The second kappa shape index (κ2) is 6.49. The maximum absolute atomic E-state index is 4.38. The average Bonchev–Trinajstić information content (AvgIpc) is 2.43. The van der Waals surface area contributed by atoms with E-state index in [0.717, 1.165) is 17.1 Å². The molecular formula is C14H17N5. The molecule has 0 saturated carbocycles. The molecule has 2 heterocycles. The van der Waals surface area contributed by atoms with Crippen LogP contribution in [0.2, 0.25) is 0 Å². The van der Waals surface area contributed by atoms with Gasteiger partial charge in [0, 0.05) is 37.2 Å². The fourth-order valence-corrected chi connectivity index (χ4v) is 1.60. The van der Waals surface area contributed by atoms with E-state index in [1.165, 1.54) is 0 Å². The third kappa shape index (κ3) is 4.06. The Kier molecular flexibility index (Phi) is 4.44. The van der Waals surface area contributed by atoms with Crippen LogP contribution in [-0.4, -0.2) is 21.5 Å². The zero-order chi connectivity index (χ0) is 13.5. The Morgan fingerprint density at radius 1 is 1.32 bits per heavy atom. The molecule has 2 rings (SSSR count). The fourth-order valence-electron chi connectivity index (χ4n) is 1.60. The minimum Gasteiger partial charge on any atom is -0.366 e. The van der Waals surface area contributed by atoms with Crippen molar-refractivity contribution in [3.63, 3.8) is 0 Å². The van der Waals surface area contributed by atoms with Gasteiger partial charge in [-0.2, -0.15) is 4.98 Å². The number of rotatable bonds is 6. The third-order valence-corrected chi connectivity index (χ3v) is 2.46. The molecule has 0 spiro atoms. The number of hydrogen-bond acceptors (Lipinski definition) is 5. The van der Waals surface area contributed by atoms with Crippen LogP contribution in [0.5, 0.6) is 0 Å². The average molecular weight is 255 g/mol. The molecule has 2 aromatic heterocycles. The Bertz CT molecular complexity index is 539. The quantitative estimate of drug-likeness (QED) is 0.776. The van der Waals surface area contributed by atoms with Crippen LogP contribution in [-0.2, 0) is 6.54 Å². The summed E-state index contributed by atoms with van der Waals surface area (Å²) in [5.41, 5.74) is 2.02. The van der Waals surface area contributed by atoms with E-state index in [4.69, 9.17) is 0 Å². The topological polar surface area (TPSA) is 62.7 Å². The number of pyridine rings is 1. The number of nitrogens with zero attached hydrogens (tertiary/aromatic N) is 3. The van der Waals surface area contributed by atoms with Crippen LogP contribution in [0.4, 0.5) is 11.8 Å². The Morgan fingerprint density at radius 2 is 2.21 bits per heavy atom. The van der Waals surface area contributed by atoms with Crippen molar-refractivity contribution in [2.45, 2.75) is 13.5 Å². The van der Waals surface area contributed by atoms with Crippen molar-refractivity contribution < 1.29 is 0 Å². The maximum Gasteiger partial charge on any atom is 0.225 e. The Morgan fingerprint density at radius 3 is 2.95 bits per heavy atom. The molecule has 0 atom stereocenters. The van der Waals surface area contributed by atoms with Gasteiger partial charge >= 0.3 is 0 Å². The summed E-state index contributed by atoms with van der Waals surface area (Å²) >= 11 is 0. The molecule has 0 amide bonds. The lowest BCUT2D eigenvalue weighted by Crippen LogP contribution is -2.08. The fraction of sp³-hybridized carbons (Fsp3) is 0.214. The molecule has 2 N–H and O–H groups in total. The van der Waals surface area contributed by atoms with Gasteiger partial charge in [-0.3, -0.25) is 4.98 Å². The summed E-state index contributed by atoms with van der Waals surface area (Å²) in [6, 6.07) is 5.85. The molecule has 5 nitrogen and oxygen atoms in total. The van der Waals surface area contributed by atoms with E-state index in [9.17, 15) is 0 Å². The van der Waals surface area contributed by atoms with Gasteiger partial charge in [-0.05, 0) is 18.6 Å². The summed E-state index contributed by atoms with van der Waals surface area (Å²) in [5, 5.41) is 6.34. The Balaban J connectivity index is 2.03. The summed E-state index contributed by atoms with van der Waals surface area (Å²) in [7, 11) is 0. The largest absolute Gasteiger partial charge is 0.366 e. The molecule has 0 saturated heterocycles. The maximum atomic E-state index is 4.38. The van der Waals surface area contributed by atoms with E-state index in [0.29, 0.717) is 19.0 Å². The van der Waals surface area contributed by atoms with E-state index in [2.05, 4.69) is 32.2 Å². The Hall–Kier alpha value is -2.43. The van der Waals surface area contributed by atoms with Crippen molar-refractivity contribution in [1.29, 1.82) is 0 Å². The first-order valence-corrected chi connectivity index (χ1v) is 6.11. The molecule has 0 aliphatic carbocycles. The van der Waals surface area contributed by atoms with Gasteiger partial charge in [0.2, 0.25) is 5.95 Å². The lowest BCUT2D eigenvalue weighted by molar-refractivity contribution is 1.04. The molecule has 0 unspecified atom stereocenters. The highest BCUT2D eigenvalue weighted by Gasteiger charge is 2.01. The lowest BCUT2D eigenvalue weighted by Gasteiger charge is -2.09. The zero-order valence-corrected chi connectivity index (χ0v) is 10.9. The van der Waals surface area contributed by atoms with E-state index in [-0.39, 0.29) is 0 Å². The van der Waals surface area contributed by atoms with E-state index in [1.54, 1.807) is 12.3 Å². The molecular weight excluding hydrogens is 238 g/mol. The number of hydrogen-bond donors (Lipinski definition) is 2. The Labute approximate surface area is 112 Å². The normalized spacial score (nSPS) is 9.95. The summed E-state index contributed by atoms with van der Waals surface area (Å²) < 4.78 is 0. The van der Waals surface area contributed by atoms with Gasteiger partial charge < -0.3 is 10.6 Å². The molecule has 0 aliphatic heterocycles. The first-order valence-electron chi connectivity index (χ1n) is 6.11. The van der Waals surface area contributed by atoms with E-state index >= 15 is 0 Å². The van der Waals surface area contributed by atoms with Crippen molar-refractivity contribution in [3.05, 3.63) is 54.5 Å². The predicted octanol–water partition coefficient (Wildman–Crippen LogP) is 2.39. The van der Waals surface area contributed by atoms with Crippen LogP contribution >= 0.6 is 0 Å². The first kappa shape index (κ1) is 13.0. The third-order valence-electron chi connectivity index (χ3n) is 2.46. The highest BCUT2D eigenvalue weighted by atomic mass is 15.1. The molecule has 0 aromatic carbocycles. The minimum atomic E-state index is 0.605. The van der Waals surface area contributed by atoms with Gasteiger partial charge in [0.25, 0.3) is 0 Å². The second-order valence-corrected chi connectivity index (χ2v) is 4.10. The zero-order valence-electron chi connectivity index (χ0n) is 10.9. The summed E-state index contributed by atoms with van der Waals surface area (Å²) in [6.45, 7) is 6.93. The second-order valence-electron chi connectivity index (χ2n) is 4.10. The molecule has 2 aromatic rings.